The van der Waals surface area contributed by atoms with Crippen molar-refractivity contribution in [1.29, 1.82) is 0 Å². The van der Waals surface area contributed by atoms with E-state index in [0.29, 0.717) is 11.1 Å². The van der Waals surface area contributed by atoms with E-state index in [2.05, 4.69) is 12.2 Å². The van der Waals surface area contributed by atoms with Gasteiger partial charge in [0, 0.05) is 23.0 Å². The summed E-state index contributed by atoms with van der Waals surface area (Å²) < 4.78 is 0. The predicted octanol–water partition coefficient (Wildman–Crippen LogP) is 2.23. The van der Waals surface area contributed by atoms with Gasteiger partial charge < -0.3 is 0 Å². The maximum Gasteiger partial charge on any atom is 0.229 e. The molecule has 86 valence electrons. The van der Waals surface area contributed by atoms with Crippen molar-refractivity contribution in [1.82, 2.24) is 0 Å². The van der Waals surface area contributed by atoms with E-state index in [0.717, 1.165) is 11.1 Å². The third kappa shape index (κ3) is 1.03. The minimum Gasteiger partial charge on any atom is -0.285 e. The molecule has 4 rings (SSSR count). The zero-order valence-electron chi connectivity index (χ0n) is 9.59. The van der Waals surface area contributed by atoms with Crippen molar-refractivity contribution in [2.24, 2.45) is 11.8 Å². The van der Waals surface area contributed by atoms with Gasteiger partial charge in [-0.05, 0) is 11.1 Å². The van der Waals surface area contributed by atoms with Crippen LogP contribution in [0, 0.1) is 11.8 Å². The second-order valence-electron chi connectivity index (χ2n) is 4.91. The van der Waals surface area contributed by atoms with Gasteiger partial charge in [-0.3, -0.25) is 9.59 Å². The minimum absolute atomic E-state index is 0.0383. The van der Waals surface area contributed by atoms with Crippen molar-refractivity contribution in [2.45, 2.75) is 0 Å². The Morgan fingerprint density at radius 3 is 1.56 bits per heavy atom. The topological polar surface area (TPSA) is 34.1 Å². The summed E-state index contributed by atoms with van der Waals surface area (Å²) in [5.41, 5.74) is 3.56. The van der Waals surface area contributed by atoms with E-state index in [1.54, 1.807) is 12.2 Å². The molecule has 2 atom stereocenters. The number of Topliss-reactive ketones (excluding diaryl/α,β-unsaturated/α-hetero) is 2. The molecule has 2 unspecified atom stereocenters. The van der Waals surface area contributed by atoms with Crippen molar-refractivity contribution in [3.63, 3.8) is 0 Å². The second kappa shape index (κ2) is 3.16. The lowest BCUT2D eigenvalue weighted by molar-refractivity contribution is -0.133. The van der Waals surface area contributed by atoms with Crippen LogP contribution in [0.25, 0.3) is 0 Å². The normalized spacial score (nSPS) is 31.3. The Bertz CT molecular complexity index is 618. The van der Waals surface area contributed by atoms with Crippen LogP contribution >= 0.6 is 0 Å². The summed E-state index contributed by atoms with van der Waals surface area (Å²) in [5, 5.41) is 0. The van der Waals surface area contributed by atoms with Crippen LogP contribution in [0.3, 0.4) is 0 Å². The van der Waals surface area contributed by atoms with E-state index in [1.807, 2.05) is 24.3 Å². The molecule has 1 fully saturated rings. The molecule has 0 spiro atoms. The molecule has 0 saturated heterocycles. The number of allylic oxidation sites excluding steroid dienone is 12. The van der Waals surface area contributed by atoms with E-state index in [4.69, 9.17) is 0 Å². The Balaban J connectivity index is 2.03. The summed E-state index contributed by atoms with van der Waals surface area (Å²) in [4.78, 5) is 24.3. The van der Waals surface area contributed by atoms with Crippen LogP contribution in [0.2, 0.25) is 0 Å². The first-order valence-corrected chi connectivity index (χ1v) is 6.04. The highest BCUT2D eigenvalue weighted by Crippen LogP contribution is 2.48. The molecule has 18 heavy (non-hydrogen) atoms. The number of carbonyl (C=O) groups is 2. The van der Waals surface area contributed by atoms with Crippen molar-refractivity contribution >= 4 is 11.6 Å². The Kier molecular flexibility index (Phi) is 1.72. The molecule has 2 heteroatoms. The zero-order chi connectivity index (χ0) is 12.3. The molecular formula is C16H10O2. The second-order valence-corrected chi connectivity index (χ2v) is 4.91. The molecule has 4 aliphatic carbocycles. The fourth-order valence-electron chi connectivity index (χ4n) is 3.25. The Hall–Kier alpha value is -2.22. The van der Waals surface area contributed by atoms with Crippen LogP contribution in [0.15, 0.2) is 70.9 Å². The van der Waals surface area contributed by atoms with Crippen molar-refractivity contribution < 1.29 is 9.59 Å². The van der Waals surface area contributed by atoms with Gasteiger partial charge in [-0.2, -0.15) is 0 Å². The molecule has 0 radical (unpaired) electrons. The number of ketones is 2. The first-order chi connectivity index (χ1) is 8.77. The maximum absolute atomic E-state index is 12.1. The van der Waals surface area contributed by atoms with Gasteiger partial charge in [0.25, 0.3) is 0 Å². The molecule has 2 nitrogen and oxygen atoms in total. The van der Waals surface area contributed by atoms with Gasteiger partial charge >= 0.3 is 0 Å². The van der Waals surface area contributed by atoms with Crippen molar-refractivity contribution in [2.75, 3.05) is 0 Å². The van der Waals surface area contributed by atoms with Crippen molar-refractivity contribution in [3.05, 3.63) is 70.9 Å². The fraction of sp³-hybridized carbons (Fsp3) is 0.125. The molecule has 4 aliphatic rings. The van der Waals surface area contributed by atoms with Gasteiger partial charge in [0.1, 0.15) is 0 Å². The fourth-order valence-corrected chi connectivity index (χ4v) is 3.25. The van der Waals surface area contributed by atoms with Gasteiger partial charge in [-0.15, -0.1) is 0 Å². The molecule has 0 aliphatic heterocycles. The summed E-state index contributed by atoms with van der Waals surface area (Å²) in [7, 11) is 0. The van der Waals surface area contributed by atoms with Crippen LogP contribution in [0.5, 0.6) is 0 Å². The summed E-state index contributed by atoms with van der Waals surface area (Å²) >= 11 is 0. The highest BCUT2D eigenvalue weighted by atomic mass is 16.2. The summed E-state index contributed by atoms with van der Waals surface area (Å²) in [6.45, 7) is 0. The third-order valence-corrected chi connectivity index (χ3v) is 4.05. The molecular weight excluding hydrogens is 224 g/mol. The van der Waals surface area contributed by atoms with Crippen LogP contribution in [0.4, 0.5) is 0 Å². The summed E-state index contributed by atoms with van der Waals surface area (Å²) in [5.74, 6) is -0.601. The first kappa shape index (κ1) is 9.77. The molecule has 0 aromatic heterocycles. The first-order valence-electron chi connectivity index (χ1n) is 6.04. The lowest BCUT2D eigenvalue weighted by Gasteiger charge is -2.40. The minimum atomic E-state index is -0.339. The van der Waals surface area contributed by atoms with Crippen LogP contribution in [-0.4, -0.2) is 11.6 Å². The highest BCUT2D eigenvalue weighted by molar-refractivity contribution is 6.50. The van der Waals surface area contributed by atoms with Crippen LogP contribution in [0.1, 0.15) is 0 Å². The molecule has 0 amide bonds. The average molecular weight is 234 g/mol. The third-order valence-electron chi connectivity index (χ3n) is 4.05. The Morgan fingerprint density at radius 1 is 0.667 bits per heavy atom. The van der Waals surface area contributed by atoms with Gasteiger partial charge in [0.15, 0.2) is 0 Å². The van der Waals surface area contributed by atoms with Crippen molar-refractivity contribution in [3.8, 4) is 0 Å². The smallest absolute Gasteiger partial charge is 0.229 e. The van der Waals surface area contributed by atoms with E-state index in [1.165, 1.54) is 0 Å². The van der Waals surface area contributed by atoms with Crippen LogP contribution in [-0.2, 0) is 9.59 Å². The standard InChI is InChI=1S/C16H10O2/c17-15-11-5-1-3-9-7-8-10-4-2-6-12(16(15)18)14(10)13(9)11/h1-8,13-14H. The van der Waals surface area contributed by atoms with Gasteiger partial charge in [0.2, 0.25) is 11.6 Å². The lowest BCUT2D eigenvalue weighted by atomic mass is 9.61. The average Bonchev–Trinajstić information content (AvgIpc) is 2.43. The predicted molar refractivity (Wildman–Crippen MR) is 67.6 cm³/mol. The summed E-state index contributed by atoms with van der Waals surface area (Å²) in [6.07, 6.45) is 15.5. The Morgan fingerprint density at radius 2 is 1.11 bits per heavy atom. The Labute approximate surface area is 104 Å². The zero-order valence-corrected chi connectivity index (χ0v) is 9.59. The number of hydrogen-bond acceptors (Lipinski definition) is 2. The number of rotatable bonds is 0. The molecule has 0 bridgehead atoms. The van der Waals surface area contributed by atoms with Gasteiger partial charge in [-0.1, -0.05) is 48.6 Å². The van der Waals surface area contributed by atoms with E-state index in [9.17, 15) is 9.59 Å². The van der Waals surface area contributed by atoms with Gasteiger partial charge in [0.05, 0.1) is 0 Å². The number of hydrogen-bond donors (Lipinski definition) is 0. The molecule has 0 aromatic rings. The molecule has 1 saturated carbocycles. The maximum atomic E-state index is 12.1. The van der Waals surface area contributed by atoms with E-state index >= 15 is 0 Å². The molecule has 0 aromatic carbocycles. The highest BCUT2D eigenvalue weighted by Gasteiger charge is 2.46. The quantitative estimate of drug-likeness (QED) is 0.602. The lowest BCUT2D eigenvalue weighted by Crippen LogP contribution is -2.40. The van der Waals surface area contributed by atoms with Gasteiger partial charge in [-0.25, -0.2) is 0 Å². The largest absolute Gasteiger partial charge is 0.285 e. The van der Waals surface area contributed by atoms with Crippen LogP contribution < -0.4 is 0 Å². The summed E-state index contributed by atoms with van der Waals surface area (Å²) in [6, 6.07) is 0. The monoisotopic (exact) mass is 234 g/mol. The number of carbonyl (C=O) groups excluding carboxylic acids is 2. The van der Waals surface area contributed by atoms with E-state index in [-0.39, 0.29) is 23.4 Å². The SMILES string of the molecule is O=C1C(=O)C2=CC=CC3=CC=C4C=CC=C1C4C32. The molecule has 0 heterocycles. The van der Waals surface area contributed by atoms with E-state index < -0.39 is 0 Å². The molecule has 0 N–H and O–H groups in total.